The number of esters is 1. The van der Waals surface area contributed by atoms with E-state index in [2.05, 4.69) is 15.0 Å². The van der Waals surface area contributed by atoms with E-state index < -0.39 is 0 Å². The lowest BCUT2D eigenvalue weighted by Crippen LogP contribution is -2.30. The molecule has 0 aromatic carbocycles. The average molecular weight is 258 g/mol. The van der Waals surface area contributed by atoms with Crippen molar-refractivity contribution in [2.45, 2.75) is 12.5 Å². The van der Waals surface area contributed by atoms with Gasteiger partial charge in [0.05, 0.1) is 25.3 Å². The number of thioether (sulfide) groups is 1. The van der Waals surface area contributed by atoms with Crippen molar-refractivity contribution in [1.29, 1.82) is 0 Å². The Balaban J connectivity index is 1.98. The van der Waals surface area contributed by atoms with Crippen molar-refractivity contribution in [3.05, 3.63) is 16.1 Å². The van der Waals surface area contributed by atoms with Crippen LogP contribution in [0.3, 0.4) is 0 Å². The van der Waals surface area contributed by atoms with Crippen molar-refractivity contribution in [3.63, 3.8) is 0 Å². The summed E-state index contributed by atoms with van der Waals surface area (Å²) in [6.07, 6.45) is 0.271. The van der Waals surface area contributed by atoms with Crippen LogP contribution in [0, 0.1) is 0 Å². The minimum atomic E-state index is -0.233. The Morgan fingerprint density at radius 2 is 2.62 bits per heavy atom. The van der Waals surface area contributed by atoms with Gasteiger partial charge >= 0.3 is 5.97 Å². The monoisotopic (exact) mass is 258 g/mol. The molecular formula is C10H14N2O2S2. The minimum Gasteiger partial charge on any atom is -0.469 e. The topological polar surface area (TPSA) is 51.2 Å². The molecule has 1 unspecified atom stereocenters. The summed E-state index contributed by atoms with van der Waals surface area (Å²) < 4.78 is 4.61. The zero-order valence-corrected chi connectivity index (χ0v) is 10.7. The van der Waals surface area contributed by atoms with Gasteiger partial charge in [0.1, 0.15) is 5.01 Å². The van der Waals surface area contributed by atoms with Gasteiger partial charge in [-0.15, -0.1) is 11.3 Å². The molecule has 1 aromatic heterocycles. The van der Waals surface area contributed by atoms with Crippen molar-refractivity contribution in [1.82, 2.24) is 10.3 Å². The van der Waals surface area contributed by atoms with Gasteiger partial charge in [-0.05, 0) is 0 Å². The number of carbonyl (C=O) groups excluding carboxylic acids is 1. The zero-order chi connectivity index (χ0) is 11.4. The molecule has 0 spiro atoms. The number of ether oxygens (including phenoxy) is 1. The number of aromatic nitrogens is 1. The van der Waals surface area contributed by atoms with Crippen molar-refractivity contribution >= 4 is 29.1 Å². The number of hydrogen-bond donors (Lipinski definition) is 1. The van der Waals surface area contributed by atoms with Crippen molar-refractivity contribution < 1.29 is 9.53 Å². The highest BCUT2D eigenvalue weighted by molar-refractivity contribution is 7.99. The molecule has 0 aliphatic carbocycles. The van der Waals surface area contributed by atoms with Gasteiger partial charge in [-0.25, -0.2) is 4.98 Å². The second-order valence-electron chi connectivity index (χ2n) is 3.51. The number of carbonyl (C=O) groups is 1. The predicted octanol–water partition coefficient (Wildman–Crippen LogP) is 1.24. The fourth-order valence-corrected chi connectivity index (χ4v) is 3.45. The van der Waals surface area contributed by atoms with Gasteiger partial charge in [-0.1, -0.05) is 0 Å². The molecule has 0 bridgehead atoms. The van der Waals surface area contributed by atoms with E-state index in [4.69, 9.17) is 0 Å². The first-order chi connectivity index (χ1) is 7.79. The smallest absolute Gasteiger partial charge is 0.311 e. The third-order valence-electron chi connectivity index (χ3n) is 2.34. The molecule has 16 heavy (non-hydrogen) atoms. The van der Waals surface area contributed by atoms with Gasteiger partial charge in [0.25, 0.3) is 0 Å². The van der Waals surface area contributed by atoms with Gasteiger partial charge in [-0.3, -0.25) is 4.79 Å². The van der Waals surface area contributed by atoms with E-state index in [1.165, 1.54) is 7.11 Å². The minimum absolute atomic E-state index is 0.233. The van der Waals surface area contributed by atoms with Crippen LogP contribution >= 0.6 is 23.1 Å². The van der Waals surface area contributed by atoms with Gasteiger partial charge < -0.3 is 10.1 Å². The molecule has 2 rings (SSSR count). The summed E-state index contributed by atoms with van der Waals surface area (Å²) in [7, 11) is 1.40. The molecule has 1 saturated heterocycles. The highest BCUT2D eigenvalue weighted by Gasteiger charge is 2.18. The second-order valence-corrected chi connectivity index (χ2v) is 5.55. The number of nitrogens with one attached hydrogen (secondary N) is 1. The van der Waals surface area contributed by atoms with Crippen LogP contribution in [-0.2, 0) is 16.0 Å². The van der Waals surface area contributed by atoms with E-state index in [0.29, 0.717) is 6.04 Å². The Bertz CT molecular complexity index is 361. The summed E-state index contributed by atoms with van der Waals surface area (Å²) in [6.45, 7) is 1.03. The lowest BCUT2D eigenvalue weighted by molar-refractivity contribution is -0.139. The normalized spacial score (nSPS) is 20.7. The van der Waals surface area contributed by atoms with Crippen LogP contribution in [0.5, 0.6) is 0 Å². The Hall–Kier alpha value is -0.590. The first kappa shape index (κ1) is 11.9. The first-order valence-corrected chi connectivity index (χ1v) is 7.15. The van der Waals surface area contributed by atoms with Crippen LogP contribution < -0.4 is 5.32 Å². The summed E-state index contributed by atoms with van der Waals surface area (Å²) in [5.74, 6) is 1.99. The lowest BCUT2D eigenvalue weighted by atomic mass is 10.3. The number of nitrogens with zero attached hydrogens (tertiary/aromatic N) is 1. The van der Waals surface area contributed by atoms with Crippen LogP contribution in [0.2, 0.25) is 0 Å². The van der Waals surface area contributed by atoms with Crippen molar-refractivity contribution in [2.75, 3.05) is 25.2 Å². The molecule has 0 radical (unpaired) electrons. The summed E-state index contributed by atoms with van der Waals surface area (Å²) in [5, 5.41) is 6.44. The van der Waals surface area contributed by atoms with E-state index in [1.54, 1.807) is 11.3 Å². The quantitative estimate of drug-likeness (QED) is 0.827. The number of hydrogen-bond acceptors (Lipinski definition) is 6. The summed E-state index contributed by atoms with van der Waals surface area (Å²) in [5.41, 5.74) is 0.809. The molecule has 1 N–H and O–H groups in total. The summed E-state index contributed by atoms with van der Waals surface area (Å²) in [6, 6.07) is 0.343. The fourth-order valence-electron chi connectivity index (χ4n) is 1.51. The second kappa shape index (κ2) is 5.65. The maximum atomic E-state index is 11.1. The summed E-state index contributed by atoms with van der Waals surface area (Å²) in [4.78, 5) is 15.6. The third-order valence-corrected chi connectivity index (χ3v) is 4.41. The van der Waals surface area contributed by atoms with Crippen LogP contribution in [0.4, 0.5) is 0 Å². The molecule has 1 fully saturated rings. The molecule has 1 aliphatic rings. The van der Waals surface area contributed by atoms with E-state index in [-0.39, 0.29) is 12.4 Å². The van der Waals surface area contributed by atoms with Gasteiger partial charge in [0.15, 0.2) is 0 Å². The molecule has 88 valence electrons. The molecule has 0 saturated carbocycles. The first-order valence-electron chi connectivity index (χ1n) is 5.12. The third kappa shape index (κ3) is 2.96. The number of rotatable bonds is 3. The molecule has 1 aromatic rings. The largest absolute Gasteiger partial charge is 0.469 e. The fraction of sp³-hybridized carbons (Fsp3) is 0.600. The van der Waals surface area contributed by atoms with Crippen LogP contribution in [0.25, 0.3) is 0 Å². The molecule has 2 heterocycles. The van der Waals surface area contributed by atoms with Crippen LogP contribution in [0.15, 0.2) is 5.38 Å². The van der Waals surface area contributed by atoms with E-state index in [9.17, 15) is 4.79 Å². The van der Waals surface area contributed by atoms with Crippen LogP contribution in [0.1, 0.15) is 16.7 Å². The lowest BCUT2D eigenvalue weighted by Gasteiger charge is -2.20. The molecule has 4 nitrogen and oxygen atoms in total. The number of thiazole rings is 1. The average Bonchev–Trinajstić information content (AvgIpc) is 2.78. The Labute approximate surface area is 103 Å². The zero-order valence-electron chi connectivity index (χ0n) is 9.06. The number of methoxy groups -OCH3 is 1. The predicted molar refractivity (Wildman–Crippen MR) is 65.9 cm³/mol. The molecule has 1 aliphatic heterocycles. The summed E-state index contributed by atoms with van der Waals surface area (Å²) >= 11 is 3.55. The molecule has 0 amide bonds. The highest BCUT2D eigenvalue weighted by atomic mass is 32.2. The molecular weight excluding hydrogens is 244 g/mol. The van der Waals surface area contributed by atoms with Gasteiger partial charge in [-0.2, -0.15) is 11.8 Å². The van der Waals surface area contributed by atoms with Gasteiger partial charge in [0, 0.05) is 23.4 Å². The van der Waals surface area contributed by atoms with Crippen molar-refractivity contribution in [3.8, 4) is 0 Å². The van der Waals surface area contributed by atoms with Crippen LogP contribution in [-0.4, -0.2) is 36.1 Å². The van der Waals surface area contributed by atoms with Crippen molar-refractivity contribution in [2.24, 2.45) is 0 Å². The van der Waals surface area contributed by atoms with E-state index in [0.717, 1.165) is 28.8 Å². The Morgan fingerprint density at radius 3 is 3.31 bits per heavy atom. The maximum Gasteiger partial charge on any atom is 0.311 e. The van der Waals surface area contributed by atoms with E-state index in [1.807, 2.05) is 17.1 Å². The Morgan fingerprint density at radius 1 is 1.75 bits per heavy atom. The maximum absolute atomic E-state index is 11.1. The molecule has 6 heteroatoms. The SMILES string of the molecule is COC(=O)Cc1csc(C2CSCCN2)n1. The molecule has 1 atom stereocenters. The van der Waals surface area contributed by atoms with Gasteiger partial charge in [0.2, 0.25) is 0 Å². The highest BCUT2D eigenvalue weighted by Crippen LogP contribution is 2.24. The van der Waals surface area contributed by atoms with E-state index >= 15 is 0 Å². The standard InChI is InChI=1S/C10H14N2O2S2/c1-14-9(13)4-7-5-16-10(12-7)8-6-15-3-2-11-8/h5,8,11H,2-4,6H2,1H3. The Kier molecular flexibility index (Phi) is 4.20.